The highest BCUT2D eigenvalue weighted by Gasteiger charge is 2.16. The number of benzene rings is 2. The van der Waals surface area contributed by atoms with E-state index in [0.717, 1.165) is 4.47 Å². The number of nitrogens with zero attached hydrogens (tertiary/aromatic N) is 1. The minimum Gasteiger partial charge on any atom is -0.478 e. The Morgan fingerprint density at radius 1 is 1.12 bits per heavy atom. The van der Waals surface area contributed by atoms with Crippen molar-refractivity contribution in [3.63, 3.8) is 0 Å². The van der Waals surface area contributed by atoms with Crippen molar-refractivity contribution in [2.75, 3.05) is 0 Å². The monoisotopic (exact) mass is 471 g/mol. The van der Waals surface area contributed by atoms with Crippen LogP contribution in [0.5, 0.6) is 5.75 Å². The lowest BCUT2D eigenvalue weighted by Crippen LogP contribution is -2.02. The predicted molar refractivity (Wildman–Crippen MR) is 96.2 cm³/mol. The van der Waals surface area contributed by atoms with Gasteiger partial charge in [0.1, 0.15) is 5.75 Å². The molecule has 128 valence electrons. The number of rotatable bonds is 4. The molecule has 0 unspecified atom stereocenters. The highest BCUT2D eigenvalue weighted by atomic mass is 79.9. The Kier molecular flexibility index (Phi) is 5.01. The second-order valence-electron chi connectivity index (χ2n) is 5.05. The number of hydrogen-bond acceptors (Lipinski definition) is 3. The number of alkyl halides is 2. The fourth-order valence-corrected chi connectivity index (χ4v) is 3.70. The van der Waals surface area contributed by atoms with Crippen molar-refractivity contribution >= 4 is 48.7 Å². The maximum Gasteiger partial charge on any atom is 0.387 e. The number of aromatic nitrogens is 1. The van der Waals surface area contributed by atoms with Gasteiger partial charge in [-0.05, 0) is 58.4 Å². The molecule has 0 aliphatic rings. The van der Waals surface area contributed by atoms with Gasteiger partial charge in [-0.25, -0.2) is 9.78 Å². The number of ether oxygens (including phenoxy) is 1. The summed E-state index contributed by atoms with van der Waals surface area (Å²) in [6.45, 7) is -2.90. The van der Waals surface area contributed by atoms with Crippen LogP contribution in [0.4, 0.5) is 8.78 Å². The molecule has 0 spiro atoms. The van der Waals surface area contributed by atoms with Gasteiger partial charge in [0.25, 0.3) is 0 Å². The van der Waals surface area contributed by atoms with E-state index in [1.165, 1.54) is 18.2 Å². The van der Waals surface area contributed by atoms with Crippen molar-refractivity contribution in [2.45, 2.75) is 6.61 Å². The van der Waals surface area contributed by atoms with Gasteiger partial charge in [-0.1, -0.05) is 15.9 Å². The Morgan fingerprint density at radius 2 is 1.80 bits per heavy atom. The molecular formula is C17H9Br2F2NO3. The number of hydrogen-bond donors (Lipinski definition) is 1. The molecule has 0 radical (unpaired) electrons. The molecule has 0 amide bonds. The van der Waals surface area contributed by atoms with Gasteiger partial charge in [-0.3, -0.25) is 0 Å². The molecule has 1 N–H and O–H groups in total. The van der Waals surface area contributed by atoms with E-state index < -0.39 is 12.6 Å². The zero-order chi connectivity index (χ0) is 18.1. The molecule has 0 saturated carbocycles. The number of aromatic carboxylic acids is 1. The third-order valence-corrected chi connectivity index (χ3v) is 4.50. The highest BCUT2D eigenvalue weighted by molar-refractivity contribution is 9.11. The molecule has 0 aliphatic carbocycles. The molecule has 2 aromatic carbocycles. The number of carboxylic acids is 1. The van der Waals surface area contributed by atoms with Gasteiger partial charge < -0.3 is 9.84 Å². The average molecular weight is 473 g/mol. The summed E-state index contributed by atoms with van der Waals surface area (Å²) >= 11 is 6.72. The molecule has 1 aromatic heterocycles. The molecule has 0 aliphatic heterocycles. The Balaban J connectivity index is 2.15. The molecule has 3 rings (SSSR count). The molecule has 1 heterocycles. The normalized spacial score (nSPS) is 11.1. The standard InChI is InChI=1S/C17H9Br2F2NO3/c18-9-5-11-12(16(23)24)7-14(22-15(11)13(19)6-9)8-1-3-10(4-2-8)25-17(20)21/h1-7,17H,(H,23,24). The lowest BCUT2D eigenvalue weighted by atomic mass is 10.0. The van der Waals surface area contributed by atoms with Crippen LogP contribution in [0.3, 0.4) is 0 Å². The molecular weight excluding hydrogens is 464 g/mol. The van der Waals surface area contributed by atoms with Crippen LogP contribution in [-0.4, -0.2) is 22.7 Å². The maximum atomic E-state index is 12.2. The largest absolute Gasteiger partial charge is 0.478 e. The number of carbonyl (C=O) groups is 1. The summed E-state index contributed by atoms with van der Waals surface area (Å²) in [6.07, 6.45) is 0. The van der Waals surface area contributed by atoms with Crippen LogP contribution in [0.25, 0.3) is 22.2 Å². The molecule has 0 bridgehead atoms. The van der Waals surface area contributed by atoms with Crippen LogP contribution in [0, 0.1) is 0 Å². The molecule has 8 heteroatoms. The second kappa shape index (κ2) is 7.05. The fraction of sp³-hybridized carbons (Fsp3) is 0.0588. The summed E-state index contributed by atoms with van der Waals surface area (Å²) in [5, 5.41) is 10.00. The zero-order valence-corrected chi connectivity index (χ0v) is 15.5. The van der Waals surface area contributed by atoms with Crippen LogP contribution in [0.15, 0.2) is 51.4 Å². The minimum atomic E-state index is -2.90. The smallest absolute Gasteiger partial charge is 0.387 e. The van der Waals surface area contributed by atoms with E-state index in [1.54, 1.807) is 24.3 Å². The lowest BCUT2D eigenvalue weighted by molar-refractivity contribution is -0.0498. The maximum absolute atomic E-state index is 12.2. The summed E-state index contributed by atoms with van der Waals surface area (Å²) in [5.74, 6) is -1.07. The molecule has 0 atom stereocenters. The zero-order valence-electron chi connectivity index (χ0n) is 12.3. The summed E-state index contributed by atoms with van der Waals surface area (Å²) in [5.41, 5.74) is 1.58. The van der Waals surface area contributed by atoms with Gasteiger partial charge in [0.05, 0.1) is 16.8 Å². The number of fused-ring (bicyclic) bond motifs is 1. The summed E-state index contributed by atoms with van der Waals surface area (Å²) < 4.78 is 30.1. The fourth-order valence-electron chi connectivity index (χ4n) is 2.38. The summed E-state index contributed by atoms with van der Waals surface area (Å²) in [6, 6.07) is 10.8. The van der Waals surface area contributed by atoms with Gasteiger partial charge >= 0.3 is 12.6 Å². The minimum absolute atomic E-state index is 0.0168. The topological polar surface area (TPSA) is 59.4 Å². The Labute approximate surface area is 157 Å². The number of carboxylic acid groups (broad SMARTS) is 1. The highest BCUT2D eigenvalue weighted by Crippen LogP contribution is 2.32. The SMILES string of the molecule is O=C(O)c1cc(-c2ccc(OC(F)F)cc2)nc2c(Br)cc(Br)cc12. The van der Waals surface area contributed by atoms with Crippen molar-refractivity contribution in [3.05, 3.63) is 57.0 Å². The van der Waals surface area contributed by atoms with E-state index in [0.29, 0.717) is 26.6 Å². The molecule has 0 saturated heterocycles. The van der Waals surface area contributed by atoms with E-state index >= 15 is 0 Å². The van der Waals surface area contributed by atoms with E-state index in [-0.39, 0.29) is 11.3 Å². The Morgan fingerprint density at radius 3 is 2.40 bits per heavy atom. The van der Waals surface area contributed by atoms with Crippen LogP contribution in [0.1, 0.15) is 10.4 Å². The van der Waals surface area contributed by atoms with Crippen LogP contribution in [0.2, 0.25) is 0 Å². The summed E-state index contributed by atoms with van der Waals surface area (Å²) in [7, 11) is 0. The lowest BCUT2D eigenvalue weighted by Gasteiger charge is -2.10. The van der Waals surface area contributed by atoms with Crippen molar-refractivity contribution in [1.29, 1.82) is 0 Å². The van der Waals surface area contributed by atoms with Gasteiger partial charge in [0.15, 0.2) is 0 Å². The first kappa shape index (κ1) is 17.8. The van der Waals surface area contributed by atoms with Crippen molar-refractivity contribution < 1.29 is 23.4 Å². The third kappa shape index (κ3) is 3.80. The summed E-state index contributed by atoms with van der Waals surface area (Å²) in [4.78, 5) is 16.1. The van der Waals surface area contributed by atoms with Crippen molar-refractivity contribution in [3.8, 4) is 17.0 Å². The molecule has 4 nitrogen and oxygen atoms in total. The molecule has 3 aromatic rings. The van der Waals surface area contributed by atoms with Crippen molar-refractivity contribution in [1.82, 2.24) is 4.98 Å². The van der Waals surface area contributed by atoms with Crippen LogP contribution < -0.4 is 4.74 Å². The Bertz CT molecular complexity index is 962. The van der Waals surface area contributed by atoms with E-state index in [2.05, 4.69) is 41.6 Å². The van der Waals surface area contributed by atoms with E-state index in [1.807, 2.05) is 0 Å². The van der Waals surface area contributed by atoms with Gasteiger partial charge in [0.2, 0.25) is 0 Å². The number of pyridine rings is 1. The van der Waals surface area contributed by atoms with E-state index in [9.17, 15) is 18.7 Å². The van der Waals surface area contributed by atoms with E-state index in [4.69, 9.17) is 0 Å². The van der Waals surface area contributed by atoms with Gasteiger partial charge in [-0.15, -0.1) is 0 Å². The van der Waals surface area contributed by atoms with Gasteiger partial charge in [0, 0.05) is 19.9 Å². The third-order valence-electron chi connectivity index (χ3n) is 3.44. The first-order valence-corrected chi connectivity index (χ1v) is 8.52. The number of halogens is 4. The van der Waals surface area contributed by atoms with Crippen LogP contribution >= 0.6 is 31.9 Å². The van der Waals surface area contributed by atoms with Gasteiger partial charge in [-0.2, -0.15) is 8.78 Å². The van der Waals surface area contributed by atoms with Crippen LogP contribution in [-0.2, 0) is 0 Å². The predicted octanol–water partition coefficient (Wildman–Crippen LogP) is 5.73. The molecule has 0 fully saturated rings. The first-order valence-electron chi connectivity index (χ1n) is 6.93. The quantitative estimate of drug-likeness (QED) is 0.527. The van der Waals surface area contributed by atoms with Crippen molar-refractivity contribution in [2.24, 2.45) is 0 Å². The Hall–Kier alpha value is -2.06. The second-order valence-corrected chi connectivity index (χ2v) is 6.82. The average Bonchev–Trinajstić information content (AvgIpc) is 2.54. The first-order chi connectivity index (χ1) is 11.8. The molecule has 25 heavy (non-hydrogen) atoms.